The first-order valence-electron chi connectivity index (χ1n) is 5.68. The highest BCUT2D eigenvalue weighted by atomic mass is 19.1. The Morgan fingerprint density at radius 1 is 1.42 bits per heavy atom. The Morgan fingerprint density at radius 2 is 2.26 bits per heavy atom. The van der Waals surface area contributed by atoms with Gasteiger partial charge in [-0.25, -0.2) is 4.39 Å². The zero-order chi connectivity index (χ0) is 13.7. The molecule has 0 saturated carbocycles. The normalized spacial score (nSPS) is 10.8. The molecule has 0 aliphatic rings. The van der Waals surface area contributed by atoms with Crippen LogP contribution in [-0.2, 0) is 11.3 Å². The van der Waals surface area contributed by atoms with E-state index < -0.39 is 5.82 Å². The number of carbonyl (C=O) groups is 1. The van der Waals surface area contributed by atoms with E-state index in [-0.39, 0.29) is 11.6 Å². The molecular formula is C14H13FN2O2. The third-order valence-corrected chi connectivity index (χ3v) is 2.46. The number of carbonyl (C=O) groups excluding carboxylic acids is 1. The smallest absolute Gasteiger partial charge is 0.244 e. The first-order chi connectivity index (χ1) is 9.15. The predicted octanol–water partition coefficient (Wildman–Crippen LogP) is 2.33. The Balaban J connectivity index is 1.90. The van der Waals surface area contributed by atoms with Crippen LogP contribution in [0.2, 0.25) is 0 Å². The number of benzene rings is 1. The number of hydrogen-bond donors (Lipinski definition) is 2. The Kier molecular flexibility index (Phi) is 3.97. The number of nitrogens with one attached hydrogen (secondary N) is 1. The minimum Gasteiger partial charge on any atom is -0.467 e. The molecule has 0 fully saturated rings. The Hall–Kier alpha value is -2.56. The summed E-state index contributed by atoms with van der Waals surface area (Å²) in [5.74, 6) is -0.0634. The molecule has 1 aromatic carbocycles. The Labute approximate surface area is 109 Å². The Morgan fingerprint density at radius 3 is 2.95 bits per heavy atom. The molecule has 0 aliphatic carbocycles. The quantitative estimate of drug-likeness (QED) is 0.655. The second-order valence-electron chi connectivity index (χ2n) is 3.91. The Bertz CT molecular complexity index is 591. The highest BCUT2D eigenvalue weighted by Gasteiger charge is 2.00. The summed E-state index contributed by atoms with van der Waals surface area (Å²) in [4.78, 5) is 11.5. The number of rotatable bonds is 4. The molecule has 1 aromatic heterocycles. The molecule has 98 valence electrons. The lowest BCUT2D eigenvalue weighted by Crippen LogP contribution is -2.19. The van der Waals surface area contributed by atoms with E-state index in [4.69, 9.17) is 10.2 Å². The van der Waals surface area contributed by atoms with Gasteiger partial charge in [0.25, 0.3) is 0 Å². The molecule has 0 spiro atoms. The average molecular weight is 260 g/mol. The van der Waals surface area contributed by atoms with Crippen molar-refractivity contribution in [3.05, 3.63) is 59.8 Å². The van der Waals surface area contributed by atoms with Gasteiger partial charge in [0.2, 0.25) is 5.91 Å². The van der Waals surface area contributed by atoms with Crippen LogP contribution in [0.4, 0.5) is 10.1 Å². The molecule has 1 amide bonds. The van der Waals surface area contributed by atoms with Crippen LogP contribution < -0.4 is 11.1 Å². The molecule has 4 nitrogen and oxygen atoms in total. The summed E-state index contributed by atoms with van der Waals surface area (Å²) in [6.45, 7) is 0.321. The summed E-state index contributed by atoms with van der Waals surface area (Å²) < 4.78 is 18.0. The fourth-order valence-corrected chi connectivity index (χ4v) is 1.48. The van der Waals surface area contributed by atoms with Crippen LogP contribution in [0.15, 0.2) is 47.1 Å². The van der Waals surface area contributed by atoms with Crippen molar-refractivity contribution in [1.82, 2.24) is 5.32 Å². The maximum Gasteiger partial charge on any atom is 0.244 e. The minimum absolute atomic E-state index is 0.0538. The second kappa shape index (κ2) is 5.86. The number of nitrogens with two attached hydrogens (primary N) is 1. The number of nitrogen functional groups attached to an aromatic ring is 1. The third kappa shape index (κ3) is 3.70. The van der Waals surface area contributed by atoms with E-state index in [0.717, 1.165) is 0 Å². The van der Waals surface area contributed by atoms with Gasteiger partial charge in [-0.3, -0.25) is 4.79 Å². The SMILES string of the molecule is Nc1cc(/C=C/C(=O)NCc2ccco2)ccc1F. The van der Waals surface area contributed by atoms with E-state index in [9.17, 15) is 9.18 Å². The zero-order valence-electron chi connectivity index (χ0n) is 10.1. The molecule has 19 heavy (non-hydrogen) atoms. The molecular weight excluding hydrogens is 247 g/mol. The van der Waals surface area contributed by atoms with E-state index in [1.807, 2.05) is 0 Å². The zero-order valence-corrected chi connectivity index (χ0v) is 10.1. The van der Waals surface area contributed by atoms with Gasteiger partial charge >= 0.3 is 0 Å². The molecule has 0 unspecified atom stereocenters. The van der Waals surface area contributed by atoms with Crippen LogP contribution in [0, 0.1) is 5.82 Å². The summed E-state index contributed by atoms with van der Waals surface area (Å²) in [6.07, 6.45) is 4.46. The number of amides is 1. The number of halogens is 1. The molecule has 0 atom stereocenters. The van der Waals surface area contributed by atoms with Crippen molar-refractivity contribution in [2.75, 3.05) is 5.73 Å². The van der Waals surface area contributed by atoms with Gasteiger partial charge in [0.05, 0.1) is 18.5 Å². The van der Waals surface area contributed by atoms with Crippen molar-refractivity contribution < 1.29 is 13.6 Å². The van der Waals surface area contributed by atoms with Crippen molar-refractivity contribution in [1.29, 1.82) is 0 Å². The van der Waals surface area contributed by atoms with E-state index in [1.54, 1.807) is 30.5 Å². The summed E-state index contributed by atoms with van der Waals surface area (Å²) >= 11 is 0. The van der Waals surface area contributed by atoms with Crippen molar-refractivity contribution in [2.24, 2.45) is 0 Å². The molecule has 2 rings (SSSR count). The minimum atomic E-state index is -0.473. The second-order valence-corrected chi connectivity index (χ2v) is 3.91. The molecule has 5 heteroatoms. The maximum atomic E-state index is 12.9. The highest BCUT2D eigenvalue weighted by Crippen LogP contribution is 2.13. The first-order valence-corrected chi connectivity index (χ1v) is 5.68. The van der Waals surface area contributed by atoms with Gasteiger partial charge in [-0.2, -0.15) is 0 Å². The van der Waals surface area contributed by atoms with Gasteiger partial charge in [-0.05, 0) is 35.9 Å². The van der Waals surface area contributed by atoms with Crippen LogP contribution in [0.1, 0.15) is 11.3 Å². The molecule has 0 bridgehead atoms. The van der Waals surface area contributed by atoms with Gasteiger partial charge < -0.3 is 15.5 Å². The van der Waals surface area contributed by atoms with Crippen molar-refractivity contribution in [3.63, 3.8) is 0 Å². The molecule has 3 N–H and O–H groups in total. The average Bonchev–Trinajstić information content (AvgIpc) is 2.91. The van der Waals surface area contributed by atoms with E-state index in [2.05, 4.69) is 5.32 Å². The van der Waals surface area contributed by atoms with Crippen molar-refractivity contribution in [2.45, 2.75) is 6.54 Å². The summed E-state index contributed by atoms with van der Waals surface area (Å²) in [5.41, 5.74) is 6.14. The lowest BCUT2D eigenvalue weighted by Gasteiger charge is -2.00. The monoisotopic (exact) mass is 260 g/mol. The lowest BCUT2D eigenvalue weighted by atomic mass is 10.2. The van der Waals surface area contributed by atoms with Crippen molar-refractivity contribution in [3.8, 4) is 0 Å². The number of furan rings is 1. The summed E-state index contributed by atoms with van der Waals surface area (Å²) in [6, 6.07) is 7.78. The lowest BCUT2D eigenvalue weighted by molar-refractivity contribution is -0.116. The molecule has 2 aromatic rings. The maximum absolute atomic E-state index is 12.9. The van der Waals surface area contributed by atoms with Crippen LogP contribution in [0.3, 0.4) is 0 Å². The first kappa shape index (κ1) is 12.9. The molecule has 0 aliphatic heterocycles. The molecule has 0 radical (unpaired) electrons. The van der Waals surface area contributed by atoms with Crippen LogP contribution in [0.5, 0.6) is 0 Å². The van der Waals surface area contributed by atoms with Gasteiger partial charge in [0.15, 0.2) is 0 Å². The van der Waals surface area contributed by atoms with Crippen LogP contribution in [-0.4, -0.2) is 5.91 Å². The van der Waals surface area contributed by atoms with E-state index >= 15 is 0 Å². The standard InChI is InChI=1S/C14H13FN2O2/c15-12-5-3-10(8-13(12)16)4-6-14(18)17-9-11-2-1-7-19-11/h1-8H,9,16H2,(H,17,18)/b6-4+. The van der Waals surface area contributed by atoms with Gasteiger partial charge in [-0.1, -0.05) is 6.07 Å². The van der Waals surface area contributed by atoms with Crippen LogP contribution >= 0.6 is 0 Å². The third-order valence-electron chi connectivity index (χ3n) is 2.46. The van der Waals surface area contributed by atoms with Gasteiger partial charge in [-0.15, -0.1) is 0 Å². The molecule has 1 heterocycles. The predicted molar refractivity (Wildman–Crippen MR) is 70.4 cm³/mol. The number of hydrogen-bond acceptors (Lipinski definition) is 3. The topological polar surface area (TPSA) is 68.3 Å². The molecule has 0 saturated heterocycles. The highest BCUT2D eigenvalue weighted by molar-refractivity contribution is 5.91. The van der Waals surface area contributed by atoms with Gasteiger partial charge in [0, 0.05) is 6.08 Å². The summed E-state index contributed by atoms with van der Waals surface area (Å²) in [7, 11) is 0. The largest absolute Gasteiger partial charge is 0.467 e. The van der Waals surface area contributed by atoms with Crippen molar-refractivity contribution >= 4 is 17.7 Å². The van der Waals surface area contributed by atoms with E-state index in [1.165, 1.54) is 18.2 Å². The fraction of sp³-hybridized carbons (Fsp3) is 0.0714. The number of anilines is 1. The summed E-state index contributed by atoms with van der Waals surface area (Å²) in [5, 5.41) is 2.66. The van der Waals surface area contributed by atoms with E-state index in [0.29, 0.717) is 17.9 Å². The van der Waals surface area contributed by atoms with Gasteiger partial charge in [0.1, 0.15) is 11.6 Å². The van der Waals surface area contributed by atoms with Crippen LogP contribution in [0.25, 0.3) is 6.08 Å². The fourth-order valence-electron chi connectivity index (χ4n) is 1.48.